The van der Waals surface area contributed by atoms with Crippen molar-refractivity contribution < 1.29 is 24.2 Å². The highest BCUT2D eigenvalue weighted by Crippen LogP contribution is 2.32. The molecule has 3 heterocycles. The van der Waals surface area contributed by atoms with Crippen molar-refractivity contribution in [1.82, 2.24) is 9.80 Å². The van der Waals surface area contributed by atoms with E-state index in [0.717, 1.165) is 19.3 Å². The number of likely N-dealkylation sites (tertiary alicyclic amines) is 2. The quantitative estimate of drug-likeness (QED) is 0.862. The summed E-state index contributed by atoms with van der Waals surface area (Å²) in [6.45, 7) is 2.71. The number of aromatic hydroxyl groups is 1. The first-order valence-electron chi connectivity index (χ1n) is 9.25. The third-order valence-electron chi connectivity index (χ3n) is 5.48. The highest BCUT2D eigenvalue weighted by Gasteiger charge is 2.45. The second-order valence-electron chi connectivity index (χ2n) is 7.14. The van der Waals surface area contributed by atoms with Crippen LogP contribution in [0.3, 0.4) is 0 Å². The Balaban J connectivity index is 1.50. The van der Waals surface area contributed by atoms with Gasteiger partial charge in [-0.25, -0.2) is 0 Å². The molecule has 1 aromatic rings. The minimum Gasteiger partial charge on any atom is -0.507 e. The zero-order chi connectivity index (χ0) is 18.1. The van der Waals surface area contributed by atoms with Crippen LogP contribution in [0.2, 0.25) is 0 Å². The summed E-state index contributed by atoms with van der Waals surface area (Å²) in [7, 11) is 0. The number of hydrogen-bond donors (Lipinski definition) is 1. The Morgan fingerprint density at radius 1 is 1.12 bits per heavy atom. The van der Waals surface area contributed by atoms with Crippen LogP contribution in [0.25, 0.3) is 0 Å². The van der Waals surface area contributed by atoms with Crippen molar-refractivity contribution in [2.75, 3.05) is 32.8 Å². The number of phenols is 1. The first-order chi connectivity index (χ1) is 12.6. The van der Waals surface area contributed by atoms with Crippen molar-refractivity contribution in [2.45, 2.75) is 37.5 Å². The zero-order valence-electron chi connectivity index (χ0n) is 14.7. The molecule has 0 bridgehead atoms. The van der Waals surface area contributed by atoms with E-state index in [1.165, 1.54) is 6.07 Å². The van der Waals surface area contributed by atoms with Gasteiger partial charge in [0, 0.05) is 19.5 Å². The van der Waals surface area contributed by atoms with Crippen molar-refractivity contribution in [2.24, 2.45) is 0 Å². The standard InChI is InChI=1S/C19H24N2O5/c22-16-7-2-1-5-14(16)17(23)21-10-3-6-15(21)18(24)20-9-4-8-19(13-20)25-11-12-26-19/h1-2,5,7,15,22H,3-4,6,8-13H2/t15-/m1/s1. The molecule has 26 heavy (non-hydrogen) atoms. The van der Waals surface area contributed by atoms with Crippen molar-refractivity contribution in [3.05, 3.63) is 29.8 Å². The fourth-order valence-electron chi connectivity index (χ4n) is 4.20. The summed E-state index contributed by atoms with van der Waals surface area (Å²) < 4.78 is 11.5. The highest BCUT2D eigenvalue weighted by molar-refractivity contribution is 5.99. The summed E-state index contributed by atoms with van der Waals surface area (Å²) >= 11 is 0. The Kier molecular flexibility index (Phi) is 4.58. The molecule has 140 valence electrons. The zero-order valence-corrected chi connectivity index (χ0v) is 14.7. The van der Waals surface area contributed by atoms with Gasteiger partial charge in [0.25, 0.3) is 5.91 Å². The Bertz CT molecular complexity index is 701. The van der Waals surface area contributed by atoms with Crippen molar-refractivity contribution >= 4 is 11.8 Å². The monoisotopic (exact) mass is 360 g/mol. The molecular weight excluding hydrogens is 336 g/mol. The van der Waals surface area contributed by atoms with Crippen LogP contribution in [0, 0.1) is 0 Å². The minimum atomic E-state index is -0.668. The molecule has 7 nitrogen and oxygen atoms in total. The van der Waals surface area contributed by atoms with Crippen LogP contribution >= 0.6 is 0 Å². The molecule has 0 radical (unpaired) electrons. The molecule has 3 saturated heterocycles. The lowest BCUT2D eigenvalue weighted by Crippen LogP contribution is -2.55. The van der Waals surface area contributed by atoms with Gasteiger partial charge in [0.05, 0.1) is 25.3 Å². The maximum Gasteiger partial charge on any atom is 0.258 e. The Hall–Kier alpha value is -2.12. The van der Waals surface area contributed by atoms with Gasteiger partial charge in [-0.05, 0) is 31.4 Å². The summed E-state index contributed by atoms with van der Waals surface area (Å²) in [5.41, 5.74) is 0.241. The Labute approximate surface area is 152 Å². The van der Waals surface area contributed by atoms with E-state index in [-0.39, 0.29) is 23.1 Å². The van der Waals surface area contributed by atoms with Gasteiger partial charge in [-0.3, -0.25) is 9.59 Å². The fourth-order valence-corrected chi connectivity index (χ4v) is 4.20. The van der Waals surface area contributed by atoms with Gasteiger partial charge in [0.1, 0.15) is 11.8 Å². The topological polar surface area (TPSA) is 79.3 Å². The summed E-state index contributed by atoms with van der Waals surface area (Å²) in [6, 6.07) is 5.98. The van der Waals surface area contributed by atoms with Crippen LogP contribution in [0.5, 0.6) is 5.75 Å². The van der Waals surface area contributed by atoms with Crippen LogP contribution in [0.15, 0.2) is 24.3 Å². The maximum absolute atomic E-state index is 13.1. The van der Waals surface area contributed by atoms with E-state index >= 15 is 0 Å². The largest absolute Gasteiger partial charge is 0.507 e. The number of benzene rings is 1. The molecule has 2 amide bonds. The van der Waals surface area contributed by atoms with Gasteiger partial charge >= 0.3 is 0 Å². The molecule has 0 aliphatic carbocycles. The number of piperidine rings is 1. The lowest BCUT2D eigenvalue weighted by atomic mass is 10.0. The lowest BCUT2D eigenvalue weighted by Gasteiger charge is -2.40. The van der Waals surface area contributed by atoms with Crippen LogP contribution in [-0.2, 0) is 14.3 Å². The summed E-state index contributed by atoms with van der Waals surface area (Å²) in [5.74, 6) is -1.07. The first kappa shape index (κ1) is 17.3. The lowest BCUT2D eigenvalue weighted by molar-refractivity contribution is -0.194. The molecule has 3 aliphatic heterocycles. The molecule has 0 unspecified atom stereocenters. The third-order valence-corrected chi connectivity index (χ3v) is 5.48. The summed E-state index contributed by atoms with van der Waals surface area (Å²) in [5, 5.41) is 9.98. The predicted octanol–water partition coefficient (Wildman–Crippen LogP) is 1.36. The van der Waals surface area contributed by atoms with Crippen molar-refractivity contribution in [1.29, 1.82) is 0 Å². The molecule has 3 fully saturated rings. The number of rotatable bonds is 2. The van der Waals surface area contributed by atoms with Crippen molar-refractivity contribution in [3.63, 3.8) is 0 Å². The smallest absolute Gasteiger partial charge is 0.258 e. The number of carbonyl (C=O) groups is 2. The van der Waals surface area contributed by atoms with Gasteiger partial charge in [-0.15, -0.1) is 0 Å². The average molecular weight is 360 g/mol. The molecule has 3 aliphatic rings. The Morgan fingerprint density at radius 3 is 2.65 bits per heavy atom. The molecule has 7 heteroatoms. The van der Waals surface area contributed by atoms with Crippen LogP contribution in [-0.4, -0.2) is 71.4 Å². The molecular formula is C19H24N2O5. The molecule has 1 N–H and O–H groups in total. The number of carbonyl (C=O) groups excluding carboxylic acids is 2. The van der Waals surface area contributed by atoms with E-state index in [2.05, 4.69) is 0 Å². The fraction of sp³-hybridized carbons (Fsp3) is 0.579. The van der Waals surface area contributed by atoms with Gasteiger partial charge in [-0.1, -0.05) is 12.1 Å². The second-order valence-corrected chi connectivity index (χ2v) is 7.14. The van der Waals surface area contributed by atoms with E-state index in [1.807, 2.05) is 0 Å². The number of phenolic OH excluding ortho intramolecular Hbond substituents is 1. The van der Waals surface area contributed by atoms with Gasteiger partial charge in [0.2, 0.25) is 5.91 Å². The van der Waals surface area contributed by atoms with E-state index < -0.39 is 11.8 Å². The Morgan fingerprint density at radius 2 is 1.88 bits per heavy atom. The number of ether oxygens (including phenoxy) is 2. The molecule has 1 atom stereocenters. The molecule has 0 saturated carbocycles. The average Bonchev–Trinajstić information content (AvgIpc) is 3.31. The van der Waals surface area contributed by atoms with Crippen LogP contribution < -0.4 is 0 Å². The minimum absolute atomic E-state index is 0.0514. The SMILES string of the molecule is O=C([C@H]1CCCN1C(=O)c1ccccc1O)N1CCCC2(C1)OCCO2. The highest BCUT2D eigenvalue weighted by atomic mass is 16.7. The van der Waals surface area contributed by atoms with E-state index in [1.54, 1.807) is 28.0 Å². The maximum atomic E-state index is 13.1. The summed E-state index contributed by atoms with van der Waals surface area (Å²) in [4.78, 5) is 29.4. The number of hydrogen-bond acceptors (Lipinski definition) is 5. The van der Waals surface area contributed by atoms with E-state index in [0.29, 0.717) is 39.3 Å². The predicted molar refractivity (Wildman–Crippen MR) is 92.6 cm³/mol. The van der Waals surface area contributed by atoms with Gasteiger partial charge in [-0.2, -0.15) is 0 Å². The van der Waals surface area contributed by atoms with E-state index in [9.17, 15) is 14.7 Å². The van der Waals surface area contributed by atoms with Crippen LogP contribution in [0.4, 0.5) is 0 Å². The van der Waals surface area contributed by atoms with Gasteiger partial charge < -0.3 is 24.4 Å². The van der Waals surface area contributed by atoms with Crippen LogP contribution in [0.1, 0.15) is 36.0 Å². The number of nitrogens with zero attached hydrogens (tertiary/aromatic N) is 2. The number of amides is 2. The third kappa shape index (κ3) is 3.05. The molecule has 0 aromatic heterocycles. The molecule has 1 aromatic carbocycles. The number of para-hydroxylation sites is 1. The van der Waals surface area contributed by atoms with Gasteiger partial charge in [0.15, 0.2) is 5.79 Å². The molecule has 1 spiro atoms. The second kappa shape index (κ2) is 6.89. The van der Waals surface area contributed by atoms with E-state index in [4.69, 9.17) is 9.47 Å². The normalized spacial score (nSPS) is 25.0. The van der Waals surface area contributed by atoms with Crippen molar-refractivity contribution in [3.8, 4) is 5.75 Å². The first-order valence-corrected chi connectivity index (χ1v) is 9.25. The molecule has 4 rings (SSSR count). The summed E-state index contributed by atoms with van der Waals surface area (Å²) in [6.07, 6.45) is 3.04.